The maximum atomic E-state index is 14.4. The van der Waals surface area contributed by atoms with E-state index in [-0.39, 0.29) is 11.3 Å². The van der Waals surface area contributed by atoms with Crippen LogP contribution < -0.4 is 4.90 Å². The van der Waals surface area contributed by atoms with Crippen molar-refractivity contribution in [1.29, 1.82) is 0 Å². The quantitative estimate of drug-likeness (QED) is 0.769. The highest BCUT2D eigenvalue weighted by Crippen LogP contribution is 2.25. The number of amides is 1. The molecule has 0 spiro atoms. The Bertz CT molecular complexity index is 906. The molecule has 142 valence electrons. The van der Waals surface area contributed by atoms with Crippen molar-refractivity contribution in [3.05, 3.63) is 64.5 Å². The van der Waals surface area contributed by atoms with E-state index in [0.29, 0.717) is 43.0 Å². The summed E-state index contributed by atoms with van der Waals surface area (Å²) in [5, 5.41) is 0. The van der Waals surface area contributed by atoms with E-state index in [9.17, 15) is 22.8 Å². The summed E-state index contributed by atoms with van der Waals surface area (Å²) in [6.45, 7) is 4.58. The Morgan fingerprint density at radius 3 is 2.15 bits per heavy atom. The Morgan fingerprint density at radius 1 is 0.889 bits per heavy atom. The first-order chi connectivity index (χ1) is 12.8. The van der Waals surface area contributed by atoms with Crippen LogP contribution in [-0.2, 0) is 0 Å². The zero-order valence-corrected chi connectivity index (χ0v) is 15.1. The van der Waals surface area contributed by atoms with E-state index in [1.807, 2.05) is 0 Å². The Morgan fingerprint density at radius 2 is 1.56 bits per heavy atom. The summed E-state index contributed by atoms with van der Waals surface area (Å²) in [6, 6.07) is 5.93. The fourth-order valence-corrected chi connectivity index (χ4v) is 3.25. The second kappa shape index (κ2) is 7.42. The average molecular weight is 376 g/mol. The Balaban J connectivity index is 1.72. The normalized spacial score (nSPS) is 14.4. The number of Topliss-reactive ketones (excluding diaryl/α,β-unsaturated/α-hetero) is 1. The molecule has 1 saturated heterocycles. The molecule has 1 fully saturated rings. The highest BCUT2D eigenvalue weighted by molar-refractivity contribution is 5.96. The van der Waals surface area contributed by atoms with Gasteiger partial charge in [-0.05, 0) is 49.7 Å². The van der Waals surface area contributed by atoms with Gasteiger partial charge in [-0.25, -0.2) is 13.2 Å². The molecule has 0 unspecified atom stereocenters. The summed E-state index contributed by atoms with van der Waals surface area (Å²) in [5.41, 5.74) is 1.51. The SMILES string of the molecule is CC(=O)c1cc(F)c(N2CCN(C(=O)c3ccc(F)c(F)c3)CC2)cc1C. The van der Waals surface area contributed by atoms with Crippen LogP contribution in [0.4, 0.5) is 18.9 Å². The van der Waals surface area contributed by atoms with Crippen molar-refractivity contribution in [3.8, 4) is 0 Å². The van der Waals surface area contributed by atoms with Gasteiger partial charge in [-0.3, -0.25) is 9.59 Å². The van der Waals surface area contributed by atoms with Crippen LogP contribution >= 0.6 is 0 Å². The summed E-state index contributed by atoms with van der Waals surface area (Å²) in [6.07, 6.45) is 0. The highest BCUT2D eigenvalue weighted by atomic mass is 19.2. The first-order valence-electron chi connectivity index (χ1n) is 8.58. The third kappa shape index (κ3) is 3.82. The van der Waals surface area contributed by atoms with Gasteiger partial charge in [0, 0.05) is 37.3 Å². The number of halogens is 3. The van der Waals surface area contributed by atoms with E-state index in [4.69, 9.17) is 0 Å². The molecule has 1 heterocycles. The lowest BCUT2D eigenvalue weighted by atomic mass is 10.0. The van der Waals surface area contributed by atoms with Gasteiger partial charge in [0.25, 0.3) is 5.91 Å². The molecule has 27 heavy (non-hydrogen) atoms. The van der Waals surface area contributed by atoms with E-state index in [1.165, 1.54) is 24.0 Å². The first kappa shape index (κ1) is 18.9. The van der Waals surface area contributed by atoms with Crippen LogP contribution in [0, 0.1) is 24.4 Å². The summed E-state index contributed by atoms with van der Waals surface area (Å²) in [4.78, 5) is 27.3. The second-order valence-corrected chi connectivity index (χ2v) is 6.58. The van der Waals surface area contributed by atoms with Gasteiger partial charge in [-0.1, -0.05) is 0 Å². The summed E-state index contributed by atoms with van der Waals surface area (Å²) >= 11 is 0. The zero-order chi connectivity index (χ0) is 19.7. The van der Waals surface area contributed by atoms with Crippen molar-refractivity contribution in [2.45, 2.75) is 13.8 Å². The lowest BCUT2D eigenvalue weighted by Gasteiger charge is -2.36. The molecule has 1 aliphatic heterocycles. The average Bonchev–Trinajstić information content (AvgIpc) is 2.65. The van der Waals surface area contributed by atoms with Crippen molar-refractivity contribution in [2.24, 2.45) is 0 Å². The predicted octanol–water partition coefficient (Wildman–Crippen LogP) is 3.58. The zero-order valence-electron chi connectivity index (χ0n) is 15.1. The number of carbonyl (C=O) groups is 2. The summed E-state index contributed by atoms with van der Waals surface area (Å²) < 4.78 is 40.8. The molecule has 0 aliphatic carbocycles. The van der Waals surface area contributed by atoms with E-state index >= 15 is 0 Å². The Hall–Kier alpha value is -2.83. The van der Waals surface area contributed by atoms with Crippen LogP contribution in [0.15, 0.2) is 30.3 Å². The number of benzene rings is 2. The van der Waals surface area contributed by atoms with Crippen molar-refractivity contribution in [1.82, 2.24) is 4.90 Å². The van der Waals surface area contributed by atoms with Gasteiger partial charge in [0.05, 0.1) is 5.69 Å². The molecular formula is C20H19F3N2O2. The van der Waals surface area contributed by atoms with Gasteiger partial charge >= 0.3 is 0 Å². The molecule has 2 aromatic rings. The fraction of sp³-hybridized carbons (Fsp3) is 0.300. The van der Waals surface area contributed by atoms with Crippen LogP contribution in [0.5, 0.6) is 0 Å². The standard InChI is InChI=1S/C20H19F3N2O2/c1-12-9-19(18(23)11-15(12)13(2)26)24-5-7-25(8-6-24)20(27)14-3-4-16(21)17(22)10-14/h3-4,9-11H,5-8H2,1-2H3. The van der Waals surface area contributed by atoms with Crippen molar-refractivity contribution >= 4 is 17.4 Å². The van der Waals surface area contributed by atoms with Crippen LogP contribution in [0.2, 0.25) is 0 Å². The molecular weight excluding hydrogens is 357 g/mol. The van der Waals surface area contributed by atoms with Gasteiger partial charge < -0.3 is 9.80 Å². The largest absolute Gasteiger partial charge is 0.366 e. The monoisotopic (exact) mass is 376 g/mol. The number of piperazine rings is 1. The number of hydrogen-bond donors (Lipinski definition) is 0. The number of anilines is 1. The molecule has 3 rings (SSSR count). The van der Waals surface area contributed by atoms with E-state index in [1.54, 1.807) is 17.9 Å². The topological polar surface area (TPSA) is 40.6 Å². The maximum absolute atomic E-state index is 14.4. The number of ketones is 1. The third-order valence-electron chi connectivity index (χ3n) is 4.75. The molecule has 7 heteroatoms. The van der Waals surface area contributed by atoms with Gasteiger partial charge in [0.2, 0.25) is 0 Å². The molecule has 2 aromatic carbocycles. The Kier molecular flexibility index (Phi) is 5.21. The lowest BCUT2D eigenvalue weighted by molar-refractivity contribution is 0.0745. The minimum Gasteiger partial charge on any atom is -0.366 e. The number of carbonyl (C=O) groups excluding carboxylic acids is 2. The van der Waals surface area contributed by atoms with Gasteiger partial charge in [0.1, 0.15) is 5.82 Å². The van der Waals surface area contributed by atoms with Crippen molar-refractivity contribution < 1.29 is 22.8 Å². The smallest absolute Gasteiger partial charge is 0.254 e. The van der Waals surface area contributed by atoms with E-state index < -0.39 is 23.4 Å². The van der Waals surface area contributed by atoms with Gasteiger partial charge in [0.15, 0.2) is 17.4 Å². The first-order valence-corrected chi connectivity index (χ1v) is 8.58. The number of rotatable bonds is 3. The van der Waals surface area contributed by atoms with Gasteiger partial charge in [-0.15, -0.1) is 0 Å². The molecule has 0 radical (unpaired) electrons. The maximum Gasteiger partial charge on any atom is 0.254 e. The summed E-state index contributed by atoms with van der Waals surface area (Å²) in [5.74, 6) is -3.14. The number of hydrogen-bond acceptors (Lipinski definition) is 3. The van der Waals surface area contributed by atoms with Crippen LogP contribution in [-0.4, -0.2) is 42.8 Å². The molecule has 0 saturated carbocycles. The fourth-order valence-electron chi connectivity index (χ4n) is 3.25. The third-order valence-corrected chi connectivity index (χ3v) is 4.75. The Labute approximate surface area is 155 Å². The van der Waals surface area contributed by atoms with E-state index in [2.05, 4.69) is 0 Å². The molecule has 4 nitrogen and oxygen atoms in total. The molecule has 0 bridgehead atoms. The van der Waals surface area contributed by atoms with Gasteiger partial charge in [-0.2, -0.15) is 0 Å². The van der Waals surface area contributed by atoms with Crippen LogP contribution in [0.3, 0.4) is 0 Å². The minimum absolute atomic E-state index is 0.0789. The molecule has 1 aliphatic rings. The van der Waals surface area contributed by atoms with Crippen LogP contribution in [0.1, 0.15) is 33.2 Å². The molecule has 1 amide bonds. The second-order valence-electron chi connectivity index (χ2n) is 6.58. The summed E-state index contributed by atoms with van der Waals surface area (Å²) in [7, 11) is 0. The molecule has 0 N–H and O–H groups in total. The van der Waals surface area contributed by atoms with Crippen LogP contribution in [0.25, 0.3) is 0 Å². The predicted molar refractivity (Wildman–Crippen MR) is 95.6 cm³/mol. The highest BCUT2D eigenvalue weighted by Gasteiger charge is 2.25. The lowest BCUT2D eigenvalue weighted by Crippen LogP contribution is -2.49. The van der Waals surface area contributed by atoms with Crippen molar-refractivity contribution in [3.63, 3.8) is 0 Å². The number of aryl methyl sites for hydroxylation is 1. The van der Waals surface area contributed by atoms with Crippen molar-refractivity contribution in [2.75, 3.05) is 31.1 Å². The molecule has 0 atom stereocenters. The minimum atomic E-state index is -1.07. The molecule has 0 aromatic heterocycles. The van der Waals surface area contributed by atoms with E-state index in [0.717, 1.165) is 12.1 Å². The number of nitrogens with zero attached hydrogens (tertiary/aromatic N) is 2.